The molecule has 0 saturated carbocycles. The van der Waals surface area contributed by atoms with Gasteiger partial charge in [-0.3, -0.25) is 9.78 Å². The van der Waals surface area contributed by atoms with Crippen LogP contribution in [0.3, 0.4) is 0 Å². The molecular weight excluding hydrogens is 264 g/mol. The van der Waals surface area contributed by atoms with Crippen molar-refractivity contribution in [2.45, 2.75) is 0 Å². The van der Waals surface area contributed by atoms with E-state index in [1.165, 1.54) is 0 Å². The van der Waals surface area contributed by atoms with E-state index >= 15 is 0 Å². The number of H-pyrrole nitrogens is 2. The third kappa shape index (κ3) is 1.62. The lowest BCUT2D eigenvalue weighted by atomic mass is 10.3. The Bertz CT molecular complexity index is 661. The normalized spacial score (nSPS) is 10.9. The molecule has 0 fully saturated rings. The fourth-order valence-electron chi connectivity index (χ4n) is 1.14. The quantitative estimate of drug-likeness (QED) is 0.710. The molecule has 0 unspecified atom stereocenters. The highest BCUT2D eigenvalue weighted by Gasteiger charge is 2.13. The standard InChI is InChI=1S/C7H2Cl3N3O2/c8-2-3-1(4(9)12-5(2)10)6(14)13-7(15)11-3/h(H2,11,13,14,15). The van der Waals surface area contributed by atoms with Crippen LogP contribution in [0.5, 0.6) is 0 Å². The number of aromatic nitrogens is 3. The molecule has 2 aromatic rings. The molecule has 0 aromatic carbocycles. The maximum atomic E-state index is 11.4. The maximum absolute atomic E-state index is 11.4. The van der Waals surface area contributed by atoms with Gasteiger partial charge in [0.15, 0.2) is 5.15 Å². The van der Waals surface area contributed by atoms with Crippen molar-refractivity contribution < 1.29 is 0 Å². The first-order valence-corrected chi connectivity index (χ1v) is 4.81. The number of nitrogens with zero attached hydrogens (tertiary/aromatic N) is 1. The van der Waals surface area contributed by atoms with Crippen LogP contribution in [0.15, 0.2) is 9.59 Å². The molecule has 0 bridgehead atoms. The number of fused-ring (bicyclic) bond motifs is 1. The van der Waals surface area contributed by atoms with Crippen LogP contribution in [-0.2, 0) is 0 Å². The van der Waals surface area contributed by atoms with Gasteiger partial charge in [-0.2, -0.15) is 0 Å². The minimum absolute atomic E-state index is 0.00525. The average Bonchev–Trinajstić information content (AvgIpc) is 2.12. The highest BCUT2D eigenvalue weighted by molar-refractivity contribution is 6.46. The number of pyridine rings is 1. The van der Waals surface area contributed by atoms with E-state index in [2.05, 4.69) is 9.97 Å². The summed E-state index contributed by atoms with van der Waals surface area (Å²) in [6.45, 7) is 0. The second kappa shape index (κ2) is 3.52. The van der Waals surface area contributed by atoms with Crippen molar-refractivity contribution >= 4 is 45.7 Å². The number of hydrogen-bond acceptors (Lipinski definition) is 3. The van der Waals surface area contributed by atoms with Crippen molar-refractivity contribution in [1.29, 1.82) is 0 Å². The van der Waals surface area contributed by atoms with Gasteiger partial charge in [-0.15, -0.1) is 0 Å². The molecule has 2 aromatic heterocycles. The topological polar surface area (TPSA) is 78.6 Å². The van der Waals surface area contributed by atoms with Crippen molar-refractivity contribution in [2.75, 3.05) is 0 Å². The zero-order valence-electron chi connectivity index (χ0n) is 6.90. The van der Waals surface area contributed by atoms with E-state index in [1.807, 2.05) is 4.98 Å². The number of hydrogen-bond donors (Lipinski definition) is 2. The smallest absolute Gasteiger partial charge is 0.305 e. The molecule has 8 heteroatoms. The summed E-state index contributed by atoms with van der Waals surface area (Å²) in [4.78, 5) is 30.4. The van der Waals surface area contributed by atoms with E-state index in [1.54, 1.807) is 0 Å². The van der Waals surface area contributed by atoms with Gasteiger partial charge in [0.1, 0.15) is 15.6 Å². The molecule has 5 nitrogen and oxygen atoms in total. The van der Waals surface area contributed by atoms with Gasteiger partial charge in [0.25, 0.3) is 5.56 Å². The van der Waals surface area contributed by atoms with Gasteiger partial charge in [0.2, 0.25) is 0 Å². The van der Waals surface area contributed by atoms with Crippen molar-refractivity contribution in [3.05, 3.63) is 36.2 Å². The first-order chi connectivity index (χ1) is 7.00. The Hall–Kier alpha value is -1.04. The Morgan fingerprint density at radius 1 is 1.00 bits per heavy atom. The molecule has 0 atom stereocenters. The van der Waals surface area contributed by atoms with Crippen molar-refractivity contribution in [1.82, 2.24) is 15.0 Å². The highest BCUT2D eigenvalue weighted by atomic mass is 35.5. The predicted molar refractivity (Wildman–Crippen MR) is 58.0 cm³/mol. The van der Waals surface area contributed by atoms with Gasteiger partial charge in [0, 0.05) is 0 Å². The first kappa shape index (κ1) is 10.5. The van der Waals surface area contributed by atoms with Gasteiger partial charge in [-0.05, 0) is 0 Å². The average molecular weight is 266 g/mol. The van der Waals surface area contributed by atoms with Crippen LogP contribution in [-0.4, -0.2) is 15.0 Å². The Kier molecular flexibility index (Phi) is 2.46. The Morgan fingerprint density at radius 3 is 2.33 bits per heavy atom. The van der Waals surface area contributed by atoms with Crippen LogP contribution in [0, 0.1) is 0 Å². The Balaban J connectivity index is 3.17. The lowest BCUT2D eigenvalue weighted by Crippen LogP contribution is -2.22. The van der Waals surface area contributed by atoms with E-state index in [-0.39, 0.29) is 26.2 Å². The van der Waals surface area contributed by atoms with Crippen LogP contribution in [0.4, 0.5) is 0 Å². The molecule has 0 aliphatic rings. The van der Waals surface area contributed by atoms with Gasteiger partial charge in [0.05, 0.1) is 5.52 Å². The fourth-order valence-corrected chi connectivity index (χ4v) is 1.81. The summed E-state index contributed by atoms with van der Waals surface area (Å²) in [5.74, 6) is 0. The third-order valence-electron chi connectivity index (χ3n) is 1.75. The summed E-state index contributed by atoms with van der Waals surface area (Å²) in [6, 6.07) is 0. The van der Waals surface area contributed by atoms with Crippen LogP contribution >= 0.6 is 34.8 Å². The molecule has 0 spiro atoms. The van der Waals surface area contributed by atoms with E-state index in [0.717, 1.165) is 0 Å². The summed E-state index contributed by atoms with van der Waals surface area (Å²) < 4.78 is 0. The molecule has 0 aliphatic carbocycles. The fraction of sp³-hybridized carbons (Fsp3) is 0. The van der Waals surface area contributed by atoms with Crippen LogP contribution in [0.1, 0.15) is 0 Å². The van der Waals surface area contributed by atoms with Gasteiger partial charge in [-0.25, -0.2) is 9.78 Å². The van der Waals surface area contributed by atoms with E-state index < -0.39 is 11.2 Å². The maximum Gasteiger partial charge on any atom is 0.326 e. The van der Waals surface area contributed by atoms with Crippen LogP contribution < -0.4 is 11.2 Å². The first-order valence-electron chi connectivity index (χ1n) is 3.67. The number of nitrogens with one attached hydrogen (secondary N) is 2. The van der Waals surface area contributed by atoms with Gasteiger partial charge < -0.3 is 4.98 Å². The minimum Gasteiger partial charge on any atom is -0.305 e. The second-order valence-corrected chi connectivity index (χ2v) is 3.76. The molecule has 0 radical (unpaired) electrons. The summed E-state index contributed by atoms with van der Waals surface area (Å²) in [5, 5.41) is -0.197. The lowest BCUT2D eigenvalue weighted by molar-refractivity contribution is 1.08. The minimum atomic E-state index is -0.687. The zero-order valence-corrected chi connectivity index (χ0v) is 9.17. The summed E-state index contributed by atoms with van der Waals surface area (Å²) >= 11 is 17.1. The van der Waals surface area contributed by atoms with Gasteiger partial charge in [-0.1, -0.05) is 34.8 Å². The molecule has 0 aliphatic heterocycles. The third-order valence-corrected chi connectivity index (χ3v) is 2.76. The molecule has 2 heterocycles. The van der Waals surface area contributed by atoms with Crippen LogP contribution in [0.2, 0.25) is 15.3 Å². The molecule has 0 saturated heterocycles. The van der Waals surface area contributed by atoms with E-state index in [0.29, 0.717) is 0 Å². The van der Waals surface area contributed by atoms with Crippen molar-refractivity contribution in [2.24, 2.45) is 0 Å². The summed E-state index contributed by atoms with van der Waals surface area (Å²) in [7, 11) is 0. The van der Waals surface area contributed by atoms with Crippen molar-refractivity contribution in [3.63, 3.8) is 0 Å². The summed E-state index contributed by atoms with van der Waals surface area (Å²) in [5.41, 5.74) is -1.27. The molecule has 0 amide bonds. The predicted octanol–water partition coefficient (Wildman–Crippen LogP) is 1.57. The largest absolute Gasteiger partial charge is 0.326 e. The van der Waals surface area contributed by atoms with Gasteiger partial charge >= 0.3 is 5.69 Å². The Labute approximate surface area is 97.0 Å². The number of aromatic amines is 2. The van der Waals surface area contributed by atoms with Crippen LogP contribution in [0.25, 0.3) is 10.9 Å². The van der Waals surface area contributed by atoms with Crippen molar-refractivity contribution in [3.8, 4) is 0 Å². The molecule has 15 heavy (non-hydrogen) atoms. The number of halogens is 3. The monoisotopic (exact) mass is 265 g/mol. The molecule has 2 N–H and O–H groups in total. The molecule has 78 valence electrons. The lowest BCUT2D eigenvalue weighted by Gasteiger charge is -2.02. The Morgan fingerprint density at radius 2 is 1.67 bits per heavy atom. The number of rotatable bonds is 0. The summed E-state index contributed by atoms with van der Waals surface area (Å²) in [6.07, 6.45) is 0. The van der Waals surface area contributed by atoms with E-state index in [4.69, 9.17) is 34.8 Å². The highest BCUT2D eigenvalue weighted by Crippen LogP contribution is 2.29. The SMILES string of the molecule is O=c1[nH]c(=O)c2c(Cl)nc(Cl)c(Cl)c2[nH]1. The molecule has 2 rings (SSSR count). The zero-order chi connectivity index (χ0) is 11.2. The second-order valence-electron chi connectivity index (χ2n) is 2.67. The van der Waals surface area contributed by atoms with E-state index in [9.17, 15) is 9.59 Å². The molecular formula is C7H2Cl3N3O2.